The predicted molar refractivity (Wildman–Crippen MR) is 222 cm³/mol. The third-order valence-electron chi connectivity index (χ3n) is 11.9. The molecule has 0 bridgehead atoms. The molecule has 10 rings (SSSR count). The fourth-order valence-electron chi connectivity index (χ4n) is 9.62. The fraction of sp³-hybridized carbons (Fsp3) is 0.208. The molecule has 0 N–H and O–H groups in total. The number of fused-ring (bicyclic) bond motifs is 7. The van der Waals surface area contributed by atoms with E-state index in [9.17, 15) is 0 Å². The molecule has 6 aromatic carbocycles. The van der Waals surface area contributed by atoms with Crippen molar-refractivity contribution < 1.29 is 0 Å². The van der Waals surface area contributed by atoms with E-state index >= 15 is 0 Å². The number of benzene rings is 6. The summed E-state index contributed by atoms with van der Waals surface area (Å²) in [7, 11) is 0. The Hall–Kier alpha value is -5.32. The van der Waals surface area contributed by atoms with Crippen LogP contribution in [-0.2, 0) is 5.41 Å². The molecule has 3 nitrogen and oxygen atoms in total. The topological polar surface area (TPSA) is 30.7 Å². The largest absolute Gasteiger partial charge is 0.278 e. The Morgan fingerprint density at radius 2 is 1.40 bits per heavy atom. The monoisotopic (exact) mass is 691 g/mol. The summed E-state index contributed by atoms with van der Waals surface area (Å²) in [5, 5.41) is 6.14. The molecular formula is C48H41N3S. The molecule has 1 unspecified atom stereocenters. The summed E-state index contributed by atoms with van der Waals surface area (Å²) in [5.74, 6) is 2.20. The first-order chi connectivity index (χ1) is 25.5. The Morgan fingerprint density at radius 1 is 0.692 bits per heavy atom. The Balaban J connectivity index is 1.20. The normalized spacial score (nSPS) is 19.4. The lowest BCUT2D eigenvalue weighted by atomic mass is 9.63. The van der Waals surface area contributed by atoms with Crippen LogP contribution < -0.4 is 0 Å². The highest BCUT2D eigenvalue weighted by Crippen LogP contribution is 2.47. The fourth-order valence-corrected chi connectivity index (χ4v) is 10.8. The van der Waals surface area contributed by atoms with Crippen molar-refractivity contribution in [3.05, 3.63) is 139 Å². The van der Waals surface area contributed by atoms with Crippen molar-refractivity contribution in [1.29, 1.82) is 0 Å². The van der Waals surface area contributed by atoms with Crippen molar-refractivity contribution >= 4 is 64.2 Å². The van der Waals surface area contributed by atoms with Gasteiger partial charge >= 0.3 is 0 Å². The van der Waals surface area contributed by atoms with E-state index in [1.54, 1.807) is 0 Å². The summed E-state index contributed by atoms with van der Waals surface area (Å²) >= 11 is 1.88. The van der Waals surface area contributed by atoms with Gasteiger partial charge in [-0.15, -0.1) is 11.3 Å². The Kier molecular flexibility index (Phi) is 7.33. The molecule has 0 radical (unpaired) electrons. The number of rotatable bonds is 5. The van der Waals surface area contributed by atoms with Gasteiger partial charge in [-0.3, -0.25) is 4.57 Å². The van der Waals surface area contributed by atoms with Crippen molar-refractivity contribution in [2.24, 2.45) is 11.8 Å². The molecule has 1 fully saturated rings. The Morgan fingerprint density at radius 3 is 2.29 bits per heavy atom. The second kappa shape index (κ2) is 12.1. The van der Waals surface area contributed by atoms with Crippen molar-refractivity contribution in [2.45, 2.75) is 51.9 Å². The van der Waals surface area contributed by atoms with Crippen LogP contribution in [0.5, 0.6) is 0 Å². The maximum atomic E-state index is 5.50. The van der Waals surface area contributed by atoms with Gasteiger partial charge in [0.05, 0.1) is 22.2 Å². The molecule has 9 aromatic rings. The van der Waals surface area contributed by atoms with E-state index in [0.717, 1.165) is 45.0 Å². The maximum Gasteiger partial charge on any atom is 0.235 e. The standard InChI is InChI=1S/C48H41N3S/c1-4-31-26-30(2)28-48(3,29-31)33-15-11-14-32(27-33)45-38-17-5-8-22-40(38)49-47(50-45)51-41-23-9-6-18-39(41)44-35(19-13-24-42(44)51)37-21-12-20-36-34-16-7-10-25-43(34)52-46(36)37/h5-25,27,30-31H,4,26,28-29H2,1-3H3/t30-,31-,48?/m1/s1. The summed E-state index contributed by atoms with van der Waals surface area (Å²) in [6.07, 6.45) is 5.05. The summed E-state index contributed by atoms with van der Waals surface area (Å²) < 4.78 is 4.93. The van der Waals surface area contributed by atoms with Gasteiger partial charge in [0.15, 0.2) is 0 Å². The molecule has 1 saturated carbocycles. The minimum absolute atomic E-state index is 0.153. The van der Waals surface area contributed by atoms with E-state index in [1.807, 2.05) is 11.3 Å². The molecule has 254 valence electrons. The molecule has 3 atom stereocenters. The van der Waals surface area contributed by atoms with Crippen molar-refractivity contribution in [3.8, 4) is 28.3 Å². The number of hydrogen-bond acceptors (Lipinski definition) is 3. The maximum absolute atomic E-state index is 5.50. The molecule has 0 amide bonds. The number of hydrogen-bond donors (Lipinski definition) is 0. The lowest BCUT2D eigenvalue weighted by Gasteiger charge is -2.42. The first kappa shape index (κ1) is 31.4. The smallest absolute Gasteiger partial charge is 0.235 e. The molecule has 3 aromatic heterocycles. The average molecular weight is 692 g/mol. The van der Waals surface area contributed by atoms with Gasteiger partial charge in [0, 0.05) is 47.5 Å². The lowest BCUT2D eigenvalue weighted by molar-refractivity contribution is 0.179. The quantitative estimate of drug-likeness (QED) is 0.180. The Labute approximate surface area is 308 Å². The van der Waals surface area contributed by atoms with Gasteiger partial charge in [0.1, 0.15) is 0 Å². The first-order valence-electron chi connectivity index (χ1n) is 18.8. The summed E-state index contributed by atoms with van der Waals surface area (Å²) in [4.78, 5) is 10.8. The van der Waals surface area contributed by atoms with E-state index < -0.39 is 0 Å². The van der Waals surface area contributed by atoms with Gasteiger partial charge in [-0.25, -0.2) is 9.97 Å². The molecule has 52 heavy (non-hydrogen) atoms. The Bertz CT molecular complexity index is 2820. The minimum atomic E-state index is 0.153. The van der Waals surface area contributed by atoms with Crippen molar-refractivity contribution in [1.82, 2.24) is 14.5 Å². The van der Waals surface area contributed by atoms with Crippen molar-refractivity contribution in [3.63, 3.8) is 0 Å². The van der Waals surface area contributed by atoms with Crippen LogP contribution in [-0.4, -0.2) is 14.5 Å². The van der Waals surface area contributed by atoms with E-state index in [1.165, 1.54) is 73.3 Å². The van der Waals surface area contributed by atoms with Crippen LogP contribution in [0.25, 0.3) is 81.2 Å². The van der Waals surface area contributed by atoms with E-state index in [0.29, 0.717) is 5.95 Å². The van der Waals surface area contributed by atoms with E-state index in [-0.39, 0.29) is 5.41 Å². The molecule has 1 aliphatic carbocycles. The van der Waals surface area contributed by atoms with E-state index in [2.05, 4.69) is 159 Å². The highest BCUT2D eigenvalue weighted by Gasteiger charge is 2.36. The van der Waals surface area contributed by atoms with Crippen LogP contribution in [0.1, 0.15) is 52.0 Å². The number of nitrogens with zero attached hydrogens (tertiary/aromatic N) is 3. The second-order valence-electron chi connectivity index (χ2n) is 15.4. The van der Waals surface area contributed by atoms with Crippen molar-refractivity contribution in [2.75, 3.05) is 0 Å². The van der Waals surface area contributed by atoms with Gasteiger partial charge in [-0.05, 0) is 78.0 Å². The van der Waals surface area contributed by atoms with Gasteiger partial charge in [0.25, 0.3) is 0 Å². The summed E-state index contributed by atoms with van der Waals surface area (Å²) in [6.45, 7) is 7.28. The molecule has 0 saturated heterocycles. The van der Waals surface area contributed by atoms with Crippen LogP contribution in [0.3, 0.4) is 0 Å². The number of aromatic nitrogens is 3. The van der Waals surface area contributed by atoms with Crippen LogP contribution in [0, 0.1) is 11.8 Å². The van der Waals surface area contributed by atoms with E-state index in [4.69, 9.17) is 9.97 Å². The number of para-hydroxylation sites is 2. The lowest BCUT2D eigenvalue weighted by Crippen LogP contribution is -2.33. The third-order valence-corrected chi connectivity index (χ3v) is 13.1. The second-order valence-corrected chi connectivity index (χ2v) is 16.4. The minimum Gasteiger partial charge on any atom is -0.278 e. The first-order valence-corrected chi connectivity index (χ1v) is 19.6. The third kappa shape index (κ3) is 4.92. The van der Waals surface area contributed by atoms with Gasteiger partial charge in [0.2, 0.25) is 5.95 Å². The molecule has 3 heterocycles. The highest BCUT2D eigenvalue weighted by atomic mass is 32.1. The van der Waals surface area contributed by atoms with Gasteiger partial charge in [-0.1, -0.05) is 130 Å². The highest BCUT2D eigenvalue weighted by molar-refractivity contribution is 7.26. The zero-order valence-corrected chi connectivity index (χ0v) is 30.8. The summed E-state index contributed by atoms with van der Waals surface area (Å²) in [5.41, 5.74) is 9.39. The average Bonchev–Trinajstić information content (AvgIpc) is 3.73. The number of thiophene rings is 1. The SMILES string of the molecule is CC[C@@H]1C[C@@H](C)CC(C)(c2cccc(-c3nc(-n4c5ccccc5c5c(-c6cccc7c6sc6ccccc67)cccc54)nc4ccccc34)c2)C1. The van der Waals surface area contributed by atoms with Gasteiger partial charge < -0.3 is 0 Å². The molecule has 0 aliphatic heterocycles. The van der Waals surface area contributed by atoms with Crippen LogP contribution in [0.4, 0.5) is 0 Å². The van der Waals surface area contributed by atoms with Crippen LogP contribution in [0.15, 0.2) is 133 Å². The zero-order valence-electron chi connectivity index (χ0n) is 29.9. The van der Waals surface area contributed by atoms with Crippen LogP contribution in [0.2, 0.25) is 0 Å². The zero-order chi connectivity index (χ0) is 35.0. The van der Waals surface area contributed by atoms with Crippen LogP contribution >= 0.6 is 11.3 Å². The summed E-state index contributed by atoms with van der Waals surface area (Å²) in [6, 6.07) is 48.7. The predicted octanol–water partition coefficient (Wildman–Crippen LogP) is 13.5. The molecule has 1 aliphatic rings. The molecule has 0 spiro atoms. The van der Waals surface area contributed by atoms with Gasteiger partial charge in [-0.2, -0.15) is 0 Å². The molecule has 4 heteroatoms. The molecular weight excluding hydrogens is 651 g/mol.